The predicted molar refractivity (Wildman–Crippen MR) is 212 cm³/mol. The average Bonchev–Trinajstić information content (AvgIpc) is 4.08. The Morgan fingerprint density at radius 3 is 1.61 bits per heavy atom. The van der Waals surface area contributed by atoms with Crippen LogP contribution >= 0.6 is 0 Å². The normalized spacial score (nSPS) is 23.5. The molecular weight excluding hydrogens is 802 g/mol. The number of ether oxygens (including phenoxy) is 6. The fourth-order valence-corrected chi connectivity index (χ4v) is 8.58. The SMILES string of the molecule is CC1(C)OCC([C@H]2O[C@@H]3OC(C)(C)O[C@@H]3[C@H]2Oc2cccc3c2-c2nc-3nc3[n-]c(nc4nc(nc5[n-]c(n2)c2ccccc52)-c2ccccc2-4)c2ccccc32)O1.[Zn+2]. The zero-order chi connectivity index (χ0) is 38.9. The number of fused-ring (bicyclic) bond motifs is 21. The van der Waals surface area contributed by atoms with Crippen LogP contribution in [0.1, 0.15) is 27.7 Å². The second-order valence-electron chi connectivity index (χ2n) is 15.8. The van der Waals surface area contributed by atoms with E-state index < -0.39 is 42.3 Å². The number of hydrogen-bond acceptors (Lipinski definition) is 12. The van der Waals surface area contributed by atoms with Crippen molar-refractivity contribution < 1.29 is 47.9 Å². The summed E-state index contributed by atoms with van der Waals surface area (Å²) >= 11 is 0. The van der Waals surface area contributed by atoms with Crippen molar-refractivity contribution in [2.75, 3.05) is 6.61 Å². The van der Waals surface area contributed by atoms with Gasteiger partial charge in [-0.25, -0.2) is 9.97 Å². The van der Waals surface area contributed by atoms with Crippen molar-refractivity contribution in [1.29, 1.82) is 0 Å². The van der Waals surface area contributed by atoms with Crippen LogP contribution in [0, 0.1) is 0 Å². The molecule has 0 spiro atoms. The molecule has 3 fully saturated rings. The van der Waals surface area contributed by atoms with Gasteiger partial charge in [0.25, 0.3) is 0 Å². The second-order valence-corrected chi connectivity index (χ2v) is 15.8. The Kier molecular flexibility index (Phi) is 8.20. The third-order valence-corrected chi connectivity index (χ3v) is 11.1. The van der Waals surface area contributed by atoms with E-state index in [0.717, 1.165) is 32.7 Å². The van der Waals surface area contributed by atoms with Gasteiger partial charge >= 0.3 is 19.5 Å². The molecule has 14 nitrogen and oxygen atoms in total. The Balaban J connectivity index is 0.00000397. The van der Waals surface area contributed by atoms with Gasteiger partial charge in [-0.1, -0.05) is 84.9 Å². The van der Waals surface area contributed by atoms with Gasteiger partial charge in [0.15, 0.2) is 30.1 Å². The van der Waals surface area contributed by atoms with E-state index >= 15 is 0 Å². The first-order valence-corrected chi connectivity index (χ1v) is 19.3. The van der Waals surface area contributed by atoms with Crippen LogP contribution in [0.15, 0.2) is 91.0 Å². The number of nitrogens with zero attached hydrogens (tertiary/aromatic N) is 8. The fraction of sp³-hybridized carbons (Fsp3) is 0.273. The van der Waals surface area contributed by atoms with E-state index in [0.29, 0.717) is 69.4 Å². The molecule has 1 unspecified atom stereocenters. The minimum atomic E-state index is -0.880. The molecule has 0 N–H and O–H groups in total. The van der Waals surface area contributed by atoms with Crippen molar-refractivity contribution in [2.24, 2.45) is 0 Å². The molecule has 3 aromatic heterocycles. The molecule has 4 aromatic carbocycles. The average molecular weight is 836 g/mol. The van der Waals surface area contributed by atoms with Gasteiger partial charge in [0.1, 0.15) is 18.0 Å². The van der Waals surface area contributed by atoms with Crippen LogP contribution in [0.2, 0.25) is 0 Å². The summed E-state index contributed by atoms with van der Waals surface area (Å²) in [6.45, 7) is 7.80. The zero-order valence-electron chi connectivity index (χ0n) is 32.5. The van der Waals surface area contributed by atoms with Gasteiger partial charge < -0.3 is 58.3 Å². The molecule has 15 heteroatoms. The first-order chi connectivity index (χ1) is 28.1. The van der Waals surface area contributed by atoms with E-state index in [1.807, 2.05) is 119 Å². The van der Waals surface area contributed by atoms with E-state index in [9.17, 15) is 0 Å². The molecule has 5 aliphatic heterocycles. The molecular formula is C44H34N8O6Zn. The molecule has 0 radical (unpaired) electrons. The van der Waals surface area contributed by atoms with Crippen LogP contribution in [-0.4, -0.2) is 78.8 Å². The van der Waals surface area contributed by atoms with Crippen LogP contribution in [0.3, 0.4) is 0 Å². The summed E-state index contributed by atoms with van der Waals surface area (Å²) in [5.74, 6) is 0.626. The molecule has 12 rings (SSSR count). The summed E-state index contributed by atoms with van der Waals surface area (Å²) in [5.41, 5.74) is 4.92. The Bertz CT molecular complexity index is 3030. The number of hydrogen-bond donors (Lipinski definition) is 0. The maximum absolute atomic E-state index is 7.03. The maximum Gasteiger partial charge on any atom is 2.00 e. The molecule has 5 atom stereocenters. The van der Waals surface area contributed by atoms with Crippen molar-refractivity contribution in [3.63, 3.8) is 0 Å². The first kappa shape index (κ1) is 36.5. The van der Waals surface area contributed by atoms with Crippen LogP contribution < -0.4 is 14.7 Å². The Morgan fingerprint density at radius 1 is 0.542 bits per heavy atom. The smallest absolute Gasteiger partial charge is 0.484 e. The molecule has 0 aliphatic carbocycles. The van der Waals surface area contributed by atoms with Crippen molar-refractivity contribution in [3.05, 3.63) is 91.0 Å². The van der Waals surface area contributed by atoms with Crippen LogP contribution in [0.25, 0.3) is 89.7 Å². The fourth-order valence-electron chi connectivity index (χ4n) is 8.58. The third kappa shape index (κ3) is 5.90. The van der Waals surface area contributed by atoms with Gasteiger partial charge in [0, 0.05) is 39.3 Å². The van der Waals surface area contributed by atoms with Gasteiger partial charge in [-0.3, -0.25) is 0 Å². The molecule has 0 amide bonds. The van der Waals surface area contributed by atoms with Gasteiger partial charge in [0.05, 0.1) is 35.5 Å². The summed E-state index contributed by atoms with van der Waals surface area (Å²) in [7, 11) is 0. The largest absolute Gasteiger partial charge is 2.00 e. The molecule has 5 aliphatic rings. The Labute approximate surface area is 349 Å². The molecule has 8 heterocycles. The van der Waals surface area contributed by atoms with Crippen molar-refractivity contribution in [2.45, 2.75) is 70.0 Å². The minimum absolute atomic E-state index is 0. The van der Waals surface area contributed by atoms with Crippen molar-refractivity contribution >= 4 is 44.1 Å². The van der Waals surface area contributed by atoms with Gasteiger partial charge in [-0.05, 0) is 55.3 Å². The summed E-state index contributed by atoms with van der Waals surface area (Å²) < 4.78 is 38.4. The summed E-state index contributed by atoms with van der Waals surface area (Å²) in [6.07, 6.45) is -2.88. The van der Waals surface area contributed by atoms with E-state index in [1.165, 1.54) is 0 Å². The topological polar surface area (TPSA) is 161 Å². The number of aromatic nitrogens is 8. The quantitative estimate of drug-likeness (QED) is 0.169. The van der Waals surface area contributed by atoms with E-state index in [4.69, 9.17) is 68.3 Å². The Hall–Kier alpha value is -5.54. The van der Waals surface area contributed by atoms with Crippen LogP contribution in [0.5, 0.6) is 5.75 Å². The third-order valence-electron chi connectivity index (χ3n) is 11.1. The number of rotatable bonds is 3. The molecule has 288 valence electrons. The van der Waals surface area contributed by atoms with Gasteiger partial charge in [0.2, 0.25) is 0 Å². The minimum Gasteiger partial charge on any atom is -0.484 e. The van der Waals surface area contributed by atoms with Crippen LogP contribution in [-0.2, 0) is 43.2 Å². The molecule has 8 bridgehead atoms. The first-order valence-electron chi connectivity index (χ1n) is 19.3. The zero-order valence-corrected chi connectivity index (χ0v) is 35.5. The van der Waals surface area contributed by atoms with Gasteiger partial charge in [-0.15, -0.1) is 0 Å². The monoisotopic (exact) mass is 834 g/mol. The maximum atomic E-state index is 7.03. The van der Waals surface area contributed by atoms with E-state index in [2.05, 4.69) is 0 Å². The van der Waals surface area contributed by atoms with Crippen molar-refractivity contribution in [3.8, 4) is 51.3 Å². The molecule has 59 heavy (non-hydrogen) atoms. The van der Waals surface area contributed by atoms with Crippen LogP contribution in [0.4, 0.5) is 0 Å². The predicted octanol–water partition coefficient (Wildman–Crippen LogP) is 6.90. The Morgan fingerprint density at radius 2 is 1.05 bits per heavy atom. The summed E-state index contributed by atoms with van der Waals surface area (Å²) in [5, 5.41) is 3.28. The number of benzene rings is 4. The molecule has 7 aromatic rings. The molecule has 0 saturated carbocycles. The van der Waals surface area contributed by atoms with E-state index in [-0.39, 0.29) is 19.5 Å². The molecule has 3 saturated heterocycles. The summed E-state index contributed by atoms with van der Waals surface area (Å²) in [6, 6.07) is 29.4. The van der Waals surface area contributed by atoms with Gasteiger partial charge in [-0.2, -0.15) is 0 Å². The standard InChI is InChI=1S/C44H34N8O6.Zn/c1-43(2)53-20-29(56-43)31-32(33-42(55-31)58-44(3,4)57-33)54-28-19-11-18-27-30(28)41-51-39-26-17-10-9-16-25(26)37(49-39)47-35-22-13-6-5-12-21(22)34(45-35)46-36-23-14-7-8-15-24(23)38(48-36)50-40(27)52-41;/h5-19,29,31-33,42H,20H2,1-4H3;/q-2;+2/t29?,31-,32+,33-,42-;/m1./s1. The van der Waals surface area contributed by atoms with E-state index in [1.54, 1.807) is 0 Å². The summed E-state index contributed by atoms with van der Waals surface area (Å²) in [4.78, 5) is 40.4. The second kappa shape index (κ2) is 13.2. The van der Waals surface area contributed by atoms with Crippen molar-refractivity contribution in [1.82, 2.24) is 39.9 Å².